The predicted octanol–water partition coefficient (Wildman–Crippen LogP) is 5.34. The number of benzene rings is 2. The fourth-order valence-corrected chi connectivity index (χ4v) is 3.68. The van der Waals surface area contributed by atoms with Gasteiger partial charge in [-0.1, -0.05) is 72.8 Å². The number of thioether (sulfide) groups is 1. The molecule has 148 valence electrons. The summed E-state index contributed by atoms with van der Waals surface area (Å²) < 4.78 is 5.41. The van der Waals surface area contributed by atoms with Gasteiger partial charge in [0.2, 0.25) is 0 Å². The molecule has 1 saturated heterocycles. The van der Waals surface area contributed by atoms with Gasteiger partial charge in [-0.2, -0.15) is 5.10 Å². The summed E-state index contributed by atoms with van der Waals surface area (Å²) >= 11 is 1.30. The normalized spacial score (nSPS) is 17.2. The van der Waals surface area contributed by atoms with Crippen LogP contribution >= 0.6 is 11.8 Å². The zero-order valence-electron chi connectivity index (χ0n) is 16.1. The number of hydrogen-bond acceptors (Lipinski definition) is 5. The summed E-state index contributed by atoms with van der Waals surface area (Å²) in [6.45, 7) is 0.304. The first-order valence-corrected chi connectivity index (χ1v) is 10.2. The molecule has 1 aromatic heterocycles. The van der Waals surface area contributed by atoms with Gasteiger partial charge in [0.1, 0.15) is 5.76 Å². The SMILES string of the molecule is O=C1/C(=C/C=C/c2ccccc2)S/C(=N/N=C\c2ccccc2)N1Cc1ccco1. The van der Waals surface area contributed by atoms with E-state index in [9.17, 15) is 4.79 Å². The molecular weight excluding hydrogens is 394 g/mol. The summed E-state index contributed by atoms with van der Waals surface area (Å²) in [4.78, 5) is 15.1. The third-order valence-electron chi connectivity index (χ3n) is 4.27. The van der Waals surface area contributed by atoms with Crippen LogP contribution in [0.1, 0.15) is 16.9 Å². The van der Waals surface area contributed by atoms with Gasteiger partial charge in [0.15, 0.2) is 5.17 Å². The number of carbonyl (C=O) groups excluding carboxylic acids is 1. The zero-order chi connectivity index (χ0) is 20.6. The minimum absolute atomic E-state index is 0.122. The molecular formula is C24H19N3O2S. The molecule has 1 amide bonds. The van der Waals surface area contributed by atoms with E-state index in [-0.39, 0.29) is 5.91 Å². The van der Waals surface area contributed by atoms with E-state index in [0.29, 0.717) is 22.4 Å². The van der Waals surface area contributed by atoms with Gasteiger partial charge in [-0.15, -0.1) is 5.10 Å². The lowest BCUT2D eigenvalue weighted by atomic mass is 10.2. The van der Waals surface area contributed by atoms with Crippen molar-refractivity contribution in [2.45, 2.75) is 6.54 Å². The number of amides is 1. The third-order valence-corrected chi connectivity index (χ3v) is 5.28. The molecule has 1 aliphatic heterocycles. The monoisotopic (exact) mass is 413 g/mol. The minimum atomic E-state index is -0.122. The number of furan rings is 1. The Morgan fingerprint density at radius 3 is 2.37 bits per heavy atom. The van der Waals surface area contributed by atoms with E-state index in [1.54, 1.807) is 29.5 Å². The van der Waals surface area contributed by atoms with E-state index >= 15 is 0 Å². The molecule has 2 aromatic carbocycles. The summed E-state index contributed by atoms with van der Waals surface area (Å²) in [5.41, 5.74) is 2.01. The van der Waals surface area contributed by atoms with Crippen molar-refractivity contribution in [1.29, 1.82) is 0 Å². The Labute approximate surface area is 179 Å². The van der Waals surface area contributed by atoms with E-state index in [4.69, 9.17) is 4.42 Å². The maximum Gasteiger partial charge on any atom is 0.267 e. The molecule has 4 rings (SSSR count). The number of allylic oxidation sites excluding steroid dienone is 2. The van der Waals surface area contributed by atoms with Crippen LogP contribution in [-0.4, -0.2) is 22.2 Å². The Bertz CT molecular complexity index is 1100. The molecule has 0 N–H and O–H groups in total. The maximum absolute atomic E-state index is 12.9. The molecule has 1 fully saturated rings. The fourth-order valence-electron chi connectivity index (χ4n) is 2.79. The van der Waals surface area contributed by atoms with E-state index in [1.807, 2.05) is 78.9 Å². The Balaban J connectivity index is 1.55. The number of rotatable bonds is 6. The molecule has 3 aromatic rings. The van der Waals surface area contributed by atoms with E-state index < -0.39 is 0 Å². The van der Waals surface area contributed by atoms with Gasteiger partial charge in [-0.3, -0.25) is 9.69 Å². The van der Waals surface area contributed by atoms with Gasteiger partial charge in [0.05, 0.1) is 23.9 Å². The Morgan fingerprint density at radius 2 is 1.67 bits per heavy atom. The molecule has 2 heterocycles. The van der Waals surface area contributed by atoms with Crippen LogP contribution in [0.15, 0.2) is 111 Å². The van der Waals surface area contributed by atoms with Crippen LogP contribution in [0.2, 0.25) is 0 Å². The molecule has 0 spiro atoms. The highest BCUT2D eigenvalue weighted by atomic mass is 32.2. The van der Waals surface area contributed by atoms with Gasteiger partial charge >= 0.3 is 0 Å². The second kappa shape index (κ2) is 9.71. The van der Waals surface area contributed by atoms with Crippen LogP contribution in [0.3, 0.4) is 0 Å². The van der Waals surface area contributed by atoms with Crippen molar-refractivity contribution in [3.63, 3.8) is 0 Å². The third kappa shape index (κ3) is 5.04. The lowest BCUT2D eigenvalue weighted by Gasteiger charge is -2.12. The maximum atomic E-state index is 12.9. The molecule has 0 radical (unpaired) electrons. The first kappa shape index (κ1) is 19.7. The van der Waals surface area contributed by atoms with Crippen LogP contribution in [0.4, 0.5) is 0 Å². The average Bonchev–Trinajstić information content (AvgIpc) is 3.40. The summed E-state index contributed by atoms with van der Waals surface area (Å²) in [6.07, 6.45) is 8.89. The van der Waals surface area contributed by atoms with Crippen molar-refractivity contribution in [3.05, 3.63) is 113 Å². The zero-order valence-corrected chi connectivity index (χ0v) is 16.9. The topological polar surface area (TPSA) is 58.2 Å². The summed E-state index contributed by atoms with van der Waals surface area (Å²) in [7, 11) is 0. The average molecular weight is 414 g/mol. The molecule has 0 atom stereocenters. The molecule has 0 unspecified atom stereocenters. The van der Waals surface area contributed by atoms with Crippen LogP contribution in [0, 0.1) is 0 Å². The van der Waals surface area contributed by atoms with Crippen molar-refractivity contribution in [1.82, 2.24) is 4.90 Å². The predicted molar refractivity (Wildman–Crippen MR) is 122 cm³/mol. The number of carbonyl (C=O) groups is 1. The second-order valence-electron chi connectivity index (χ2n) is 6.41. The first-order valence-electron chi connectivity index (χ1n) is 9.41. The van der Waals surface area contributed by atoms with Crippen LogP contribution < -0.4 is 0 Å². The van der Waals surface area contributed by atoms with E-state index in [0.717, 1.165) is 11.1 Å². The lowest BCUT2D eigenvalue weighted by Crippen LogP contribution is -2.28. The van der Waals surface area contributed by atoms with Crippen LogP contribution in [0.5, 0.6) is 0 Å². The molecule has 5 nitrogen and oxygen atoms in total. The minimum Gasteiger partial charge on any atom is -0.467 e. The molecule has 0 bridgehead atoms. The summed E-state index contributed by atoms with van der Waals surface area (Å²) in [5.74, 6) is 0.563. The highest BCUT2D eigenvalue weighted by Gasteiger charge is 2.33. The van der Waals surface area contributed by atoms with Gasteiger partial charge in [-0.05, 0) is 41.1 Å². The second-order valence-corrected chi connectivity index (χ2v) is 7.42. The van der Waals surface area contributed by atoms with Crippen LogP contribution in [-0.2, 0) is 11.3 Å². The first-order chi connectivity index (χ1) is 14.8. The van der Waals surface area contributed by atoms with Gasteiger partial charge in [0, 0.05) is 0 Å². The number of amidine groups is 1. The largest absolute Gasteiger partial charge is 0.467 e. The fraction of sp³-hybridized carbons (Fsp3) is 0.0417. The van der Waals surface area contributed by atoms with Crippen molar-refractivity contribution in [2.75, 3.05) is 0 Å². The quantitative estimate of drug-likeness (QED) is 0.311. The molecule has 0 aliphatic carbocycles. The summed E-state index contributed by atoms with van der Waals surface area (Å²) in [5, 5.41) is 8.98. The van der Waals surface area contributed by atoms with Gasteiger partial charge < -0.3 is 4.42 Å². The van der Waals surface area contributed by atoms with E-state index in [1.165, 1.54) is 11.8 Å². The Morgan fingerprint density at radius 1 is 0.933 bits per heavy atom. The number of hydrogen-bond donors (Lipinski definition) is 0. The van der Waals surface area contributed by atoms with Crippen molar-refractivity contribution in [2.24, 2.45) is 10.2 Å². The van der Waals surface area contributed by atoms with Crippen molar-refractivity contribution in [3.8, 4) is 0 Å². The highest BCUT2D eigenvalue weighted by Crippen LogP contribution is 2.32. The van der Waals surface area contributed by atoms with Crippen molar-refractivity contribution < 1.29 is 9.21 Å². The molecule has 1 aliphatic rings. The molecule has 6 heteroatoms. The van der Waals surface area contributed by atoms with Crippen LogP contribution in [0.25, 0.3) is 6.08 Å². The van der Waals surface area contributed by atoms with E-state index in [2.05, 4.69) is 10.2 Å². The lowest BCUT2D eigenvalue weighted by molar-refractivity contribution is -0.122. The highest BCUT2D eigenvalue weighted by molar-refractivity contribution is 8.18. The Kier molecular flexibility index (Phi) is 6.37. The molecule has 30 heavy (non-hydrogen) atoms. The van der Waals surface area contributed by atoms with Gasteiger partial charge in [0.25, 0.3) is 5.91 Å². The summed E-state index contributed by atoms with van der Waals surface area (Å²) in [6, 6.07) is 23.3. The standard InChI is InChI=1S/C24H19N3O2S/c28-23-22(15-7-13-19-9-3-1-4-10-19)30-24(27(23)18-21-14-8-16-29-21)26-25-17-20-11-5-2-6-12-20/h1-17H,18H2/b13-7+,22-15-,25-17-,26-24+. The Hall–Kier alpha value is -3.64. The van der Waals surface area contributed by atoms with Crippen molar-refractivity contribution >= 4 is 35.1 Å². The molecule has 0 saturated carbocycles. The smallest absolute Gasteiger partial charge is 0.267 e. The van der Waals surface area contributed by atoms with Gasteiger partial charge in [-0.25, -0.2) is 0 Å². The number of nitrogens with zero attached hydrogens (tertiary/aromatic N) is 3.